The molecule has 1 fully saturated rings. The highest BCUT2D eigenvalue weighted by atomic mass is 16.5. The number of hydrogen-bond acceptors (Lipinski definition) is 3. The average molecular weight is 269 g/mol. The summed E-state index contributed by atoms with van der Waals surface area (Å²) in [5.41, 5.74) is 0.328. The second-order valence-electron chi connectivity index (χ2n) is 6.97. The molecule has 19 heavy (non-hydrogen) atoms. The molecule has 0 bridgehead atoms. The summed E-state index contributed by atoms with van der Waals surface area (Å²) in [5, 5.41) is 3.50. The Labute approximate surface area is 118 Å². The van der Waals surface area contributed by atoms with Crippen LogP contribution in [0.15, 0.2) is 0 Å². The summed E-state index contributed by atoms with van der Waals surface area (Å²) < 4.78 is 4.88. The molecule has 0 amide bonds. The first kappa shape index (κ1) is 16.5. The molecule has 0 aliphatic heterocycles. The molecule has 1 aliphatic carbocycles. The summed E-state index contributed by atoms with van der Waals surface area (Å²) in [5.74, 6) is 1.01. The Kier molecular flexibility index (Phi) is 6.31. The third-order valence-corrected chi connectivity index (χ3v) is 4.71. The van der Waals surface area contributed by atoms with Gasteiger partial charge in [-0.2, -0.15) is 0 Å². The number of carbonyl (C=O) groups excluding carboxylic acids is 1. The van der Waals surface area contributed by atoms with Crippen LogP contribution in [0.25, 0.3) is 0 Å². The molecular formula is C16H31NO2. The molecule has 0 saturated heterocycles. The quantitative estimate of drug-likeness (QED) is 0.721. The van der Waals surface area contributed by atoms with Gasteiger partial charge in [0.15, 0.2) is 0 Å². The normalized spacial score (nSPS) is 18.8. The second-order valence-corrected chi connectivity index (χ2v) is 6.97. The van der Waals surface area contributed by atoms with Crippen LogP contribution in [-0.2, 0) is 9.53 Å². The molecule has 0 aromatic carbocycles. The highest BCUT2D eigenvalue weighted by Crippen LogP contribution is 2.39. The first-order valence-corrected chi connectivity index (χ1v) is 7.67. The molecular weight excluding hydrogens is 238 g/mol. The topological polar surface area (TPSA) is 38.3 Å². The van der Waals surface area contributed by atoms with Gasteiger partial charge in [0.2, 0.25) is 0 Å². The average Bonchev–Trinajstić information content (AvgIpc) is 2.87. The molecule has 1 saturated carbocycles. The van der Waals surface area contributed by atoms with Gasteiger partial charge < -0.3 is 10.1 Å². The molecule has 0 aromatic rings. The van der Waals surface area contributed by atoms with Gasteiger partial charge in [-0.25, -0.2) is 0 Å². The minimum Gasteiger partial charge on any atom is -0.469 e. The van der Waals surface area contributed by atoms with Crippen molar-refractivity contribution >= 4 is 5.97 Å². The minimum absolute atomic E-state index is 0.0376. The Morgan fingerprint density at radius 3 is 2.37 bits per heavy atom. The number of nitrogens with one attached hydrogen (secondary N) is 1. The fourth-order valence-corrected chi connectivity index (χ4v) is 3.14. The zero-order chi connectivity index (χ0) is 14.5. The van der Waals surface area contributed by atoms with Gasteiger partial charge >= 0.3 is 5.97 Å². The summed E-state index contributed by atoms with van der Waals surface area (Å²) in [6.45, 7) is 10.5. The molecule has 3 heteroatoms. The Morgan fingerprint density at radius 2 is 1.89 bits per heavy atom. The fourth-order valence-electron chi connectivity index (χ4n) is 3.14. The van der Waals surface area contributed by atoms with E-state index < -0.39 is 0 Å². The van der Waals surface area contributed by atoms with Crippen LogP contribution in [0.1, 0.15) is 53.4 Å². The van der Waals surface area contributed by atoms with Gasteiger partial charge in [0.05, 0.1) is 13.0 Å². The predicted molar refractivity (Wildman–Crippen MR) is 79.0 cm³/mol. The first-order valence-electron chi connectivity index (χ1n) is 7.67. The van der Waals surface area contributed by atoms with Gasteiger partial charge in [0.1, 0.15) is 0 Å². The molecule has 0 radical (unpaired) electrons. The molecule has 1 atom stereocenters. The molecule has 3 nitrogen and oxygen atoms in total. The fraction of sp³-hybridized carbons (Fsp3) is 0.938. The molecule has 1 unspecified atom stereocenters. The van der Waals surface area contributed by atoms with Crippen molar-refractivity contribution < 1.29 is 9.53 Å². The Bertz CT molecular complexity index is 280. The summed E-state index contributed by atoms with van der Waals surface area (Å²) in [6.07, 6.45) is 5.48. The maximum Gasteiger partial charge on any atom is 0.310 e. The molecule has 112 valence electrons. The number of rotatable bonds is 7. The van der Waals surface area contributed by atoms with E-state index in [2.05, 4.69) is 33.0 Å². The second kappa shape index (κ2) is 7.28. The van der Waals surface area contributed by atoms with Gasteiger partial charge in [-0.15, -0.1) is 0 Å². The molecule has 1 rings (SSSR count). The Hall–Kier alpha value is -0.570. The third-order valence-electron chi connectivity index (χ3n) is 4.71. The van der Waals surface area contributed by atoms with Crippen molar-refractivity contribution in [2.24, 2.45) is 23.2 Å². The van der Waals surface area contributed by atoms with Crippen LogP contribution in [0, 0.1) is 23.2 Å². The lowest BCUT2D eigenvalue weighted by Crippen LogP contribution is -2.40. The lowest BCUT2D eigenvalue weighted by Gasteiger charge is -2.32. The lowest BCUT2D eigenvalue weighted by atomic mass is 9.77. The number of carbonyl (C=O) groups is 1. The Morgan fingerprint density at radius 1 is 1.32 bits per heavy atom. The van der Waals surface area contributed by atoms with E-state index >= 15 is 0 Å². The summed E-state index contributed by atoms with van der Waals surface area (Å²) in [7, 11) is 1.47. The van der Waals surface area contributed by atoms with E-state index in [-0.39, 0.29) is 11.9 Å². The number of esters is 1. The summed E-state index contributed by atoms with van der Waals surface area (Å²) in [6, 6.07) is 0. The van der Waals surface area contributed by atoms with Crippen LogP contribution in [0.5, 0.6) is 0 Å². The van der Waals surface area contributed by atoms with E-state index in [4.69, 9.17) is 4.74 Å². The van der Waals surface area contributed by atoms with Crippen LogP contribution in [0.4, 0.5) is 0 Å². The molecule has 0 spiro atoms. The largest absolute Gasteiger partial charge is 0.469 e. The number of hydrogen-bond donors (Lipinski definition) is 1. The van der Waals surface area contributed by atoms with Crippen molar-refractivity contribution in [2.75, 3.05) is 20.2 Å². The van der Waals surface area contributed by atoms with Crippen molar-refractivity contribution in [3.63, 3.8) is 0 Å². The van der Waals surface area contributed by atoms with Gasteiger partial charge in [-0.1, -0.05) is 40.5 Å². The Balaban J connectivity index is 2.40. The van der Waals surface area contributed by atoms with Crippen molar-refractivity contribution in [1.82, 2.24) is 5.32 Å². The summed E-state index contributed by atoms with van der Waals surface area (Å²) >= 11 is 0. The SMILES string of the molecule is COC(=O)C(CNCC(C)(C)C1CCCC1)C(C)C. The van der Waals surface area contributed by atoms with Crippen molar-refractivity contribution in [1.29, 1.82) is 0 Å². The predicted octanol–water partition coefficient (Wildman–Crippen LogP) is 3.24. The minimum atomic E-state index is -0.0961. The maximum atomic E-state index is 11.7. The van der Waals surface area contributed by atoms with Crippen molar-refractivity contribution in [3.05, 3.63) is 0 Å². The maximum absolute atomic E-state index is 11.7. The van der Waals surface area contributed by atoms with Gasteiger partial charge in [-0.05, 0) is 30.1 Å². The standard InChI is InChI=1S/C16H31NO2/c1-12(2)14(15(18)19-5)10-17-11-16(3,4)13-8-6-7-9-13/h12-14,17H,6-11H2,1-5H3. The van der Waals surface area contributed by atoms with Gasteiger partial charge in [-0.3, -0.25) is 4.79 Å². The highest BCUT2D eigenvalue weighted by Gasteiger charge is 2.32. The van der Waals surface area contributed by atoms with Crippen LogP contribution in [-0.4, -0.2) is 26.2 Å². The zero-order valence-corrected chi connectivity index (χ0v) is 13.3. The van der Waals surface area contributed by atoms with E-state index in [9.17, 15) is 4.79 Å². The van der Waals surface area contributed by atoms with Crippen molar-refractivity contribution in [2.45, 2.75) is 53.4 Å². The van der Waals surface area contributed by atoms with Gasteiger partial charge in [0, 0.05) is 13.1 Å². The lowest BCUT2D eigenvalue weighted by molar-refractivity contribution is -0.146. The van der Waals surface area contributed by atoms with E-state index in [1.807, 2.05) is 0 Å². The number of ether oxygens (including phenoxy) is 1. The smallest absolute Gasteiger partial charge is 0.310 e. The number of methoxy groups -OCH3 is 1. The molecule has 0 aromatic heterocycles. The van der Waals surface area contributed by atoms with E-state index in [0.717, 1.165) is 19.0 Å². The van der Waals surface area contributed by atoms with E-state index in [1.165, 1.54) is 32.8 Å². The van der Waals surface area contributed by atoms with E-state index in [0.29, 0.717) is 11.3 Å². The molecule has 1 aliphatic rings. The highest BCUT2D eigenvalue weighted by molar-refractivity contribution is 5.72. The third kappa shape index (κ3) is 4.79. The van der Waals surface area contributed by atoms with Crippen LogP contribution >= 0.6 is 0 Å². The first-order chi connectivity index (χ1) is 8.88. The van der Waals surface area contributed by atoms with E-state index in [1.54, 1.807) is 0 Å². The van der Waals surface area contributed by atoms with Crippen LogP contribution < -0.4 is 5.32 Å². The molecule has 0 heterocycles. The summed E-state index contributed by atoms with van der Waals surface area (Å²) in [4.78, 5) is 11.7. The van der Waals surface area contributed by atoms with Crippen LogP contribution in [0.2, 0.25) is 0 Å². The monoisotopic (exact) mass is 269 g/mol. The van der Waals surface area contributed by atoms with Crippen molar-refractivity contribution in [3.8, 4) is 0 Å². The van der Waals surface area contributed by atoms with Crippen LogP contribution in [0.3, 0.4) is 0 Å². The molecule has 1 N–H and O–H groups in total. The zero-order valence-electron chi connectivity index (χ0n) is 13.3. The van der Waals surface area contributed by atoms with Gasteiger partial charge in [0.25, 0.3) is 0 Å².